The fourth-order valence-corrected chi connectivity index (χ4v) is 10.8. The lowest BCUT2D eigenvalue weighted by atomic mass is 9.97. The third-order valence-electron chi connectivity index (χ3n) is 12.6. The molecule has 298 valence electrons. The molecular weight excluding hydrogens is 797 g/mol. The second-order valence-corrected chi connectivity index (χ2v) is 17.4. The van der Waals surface area contributed by atoms with E-state index in [4.69, 9.17) is 15.0 Å². The number of fused-ring (bicyclic) bond motifs is 10. The van der Waals surface area contributed by atoms with E-state index in [9.17, 15) is 0 Å². The predicted molar refractivity (Wildman–Crippen MR) is 269 cm³/mol. The lowest BCUT2D eigenvalue weighted by molar-refractivity contribution is 1.16. The summed E-state index contributed by atoms with van der Waals surface area (Å²) in [5.41, 5.74) is 13.6. The van der Waals surface area contributed by atoms with Crippen LogP contribution in [0, 0.1) is 0 Å². The van der Waals surface area contributed by atoms with Crippen LogP contribution >= 0.6 is 11.3 Å². The molecule has 0 spiro atoms. The normalized spacial score (nSPS) is 11.8. The highest BCUT2D eigenvalue weighted by atomic mass is 32.1. The quantitative estimate of drug-likeness (QED) is 0.157. The first-order valence-electron chi connectivity index (χ1n) is 21.6. The van der Waals surface area contributed by atoms with Crippen molar-refractivity contribution >= 4 is 75.0 Å². The van der Waals surface area contributed by atoms with Gasteiger partial charge in [0.2, 0.25) is 0 Å². The first-order valence-corrected chi connectivity index (χ1v) is 22.4. The molecule has 0 radical (unpaired) electrons. The van der Waals surface area contributed by atoms with Crippen molar-refractivity contribution in [2.75, 3.05) is 0 Å². The lowest BCUT2D eigenvalue weighted by Gasteiger charge is -2.13. The Morgan fingerprint density at radius 3 is 1.77 bits per heavy atom. The predicted octanol–water partition coefficient (Wildman–Crippen LogP) is 16.0. The zero-order chi connectivity index (χ0) is 42.1. The fraction of sp³-hybridized carbons (Fsp3) is 0. The van der Waals surface area contributed by atoms with Gasteiger partial charge in [0, 0.05) is 65.0 Å². The monoisotopic (exact) mass is 832 g/mol. The fourth-order valence-electron chi connectivity index (χ4n) is 9.56. The minimum atomic E-state index is 0.690. The SMILES string of the molecule is c1ccc(-c2nc(-c3ccc(-c4cccc(-c5nc6c7ccccc7ccc6c6c5sc5ccccc56)c4)cc3)cc(-c3cccc(-n4c5ccccc5c5ccccc54)c3)n2)cc1. The van der Waals surface area contributed by atoms with Crippen LogP contribution in [0.5, 0.6) is 0 Å². The van der Waals surface area contributed by atoms with Gasteiger partial charge in [-0.3, -0.25) is 0 Å². The van der Waals surface area contributed by atoms with Gasteiger partial charge in [-0.05, 0) is 59.0 Å². The van der Waals surface area contributed by atoms with Crippen molar-refractivity contribution in [3.63, 3.8) is 0 Å². The number of para-hydroxylation sites is 2. The second kappa shape index (κ2) is 14.7. The maximum atomic E-state index is 5.49. The van der Waals surface area contributed by atoms with Gasteiger partial charge in [0.05, 0.1) is 38.3 Å². The minimum Gasteiger partial charge on any atom is -0.309 e. The van der Waals surface area contributed by atoms with E-state index in [1.54, 1.807) is 0 Å². The first-order chi connectivity index (χ1) is 31.7. The molecule has 0 saturated carbocycles. The van der Waals surface area contributed by atoms with Gasteiger partial charge in [-0.2, -0.15) is 0 Å². The number of thiophene rings is 1. The number of benzene rings is 9. The smallest absolute Gasteiger partial charge is 0.160 e. The van der Waals surface area contributed by atoms with Crippen molar-refractivity contribution < 1.29 is 0 Å². The zero-order valence-electron chi connectivity index (χ0n) is 34.5. The van der Waals surface area contributed by atoms with Gasteiger partial charge in [0.25, 0.3) is 0 Å². The minimum absolute atomic E-state index is 0.690. The average Bonchev–Trinajstić information content (AvgIpc) is 3.93. The molecule has 0 aliphatic rings. The molecule has 0 N–H and O–H groups in total. The molecule has 0 aliphatic heterocycles. The van der Waals surface area contributed by atoms with E-state index in [2.05, 4.69) is 205 Å². The molecule has 0 amide bonds. The van der Waals surface area contributed by atoms with Gasteiger partial charge in [0.15, 0.2) is 5.82 Å². The maximum absolute atomic E-state index is 5.49. The maximum Gasteiger partial charge on any atom is 0.160 e. The molecule has 0 saturated heterocycles. The van der Waals surface area contributed by atoms with Gasteiger partial charge in [-0.25, -0.2) is 15.0 Å². The highest BCUT2D eigenvalue weighted by Crippen LogP contribution is 2.44. The van der Waals surface area contributed by atoms with Crippen LogP contribution in [-0.4, -0.2) is 19.5 Å². The third kappa shape index (κ3) is 5.93. The van der Waals surface area contributed by atoms with Gasteiger partial charge in [-0.15, -0.1) is 11.3 Å². The Hall–Kier alpha value is -8.25. The highest BCUT2D eigenvalue weighted by Gasteiger charge is 2.19. The Bertz CT molecular complexity index is 3900. The molecule has 4 aromatic heterocycles. The molecule has 13 aromatic rings. The Morgan fingerprint density at radius 2 is 0.969 bits per heavy atom. The summed E-state index contributed by atoms with van der Waals surface area (Å²) in [6, 6.07) is 77.7. The summed E-state index contributed by atoms with van der Waals surface area (Å²) < 4.78 is 4.84. The largest absolute Gasteiger partial charge is 0.309 e. The molecule has 4 nitrogen and oxygen atoms in total. The van der Waals surface area contributed by atoms with Crippen molar-refractivity contribution in [1.82, 2.24) is 19.5 Å². The molecule has 0 bridgehead atoms. The van der Waals surface area contributed by atoms with E-state index < -0.39 is 0 Å². The van der Waals surface area contributed by atoms with Gasteiger partial charge in [-0.1, -0.05) is 176 Å². The summed E-state index contributed by atoms with van der Waals surface area (Å²) in [4.78, 5) is 15.9. The number of aromatic nitrogens is 4. The van der Waals surface area contributed by atoms with E-state index >= 15 is 0 Å². The zero-order valence-corrected chi connectivity index (χ0v) is 35.3. The number of nitrogens with zero attached hydrogens (tertiary/aromatic N) is 4. The first kappa shape index (κ1) is 36.4. The lowest BCUT2D eigenvalue weighted by Crippen LogP contribution is -1.98. The van der Waals surface area contributed by atoms with Crippen molar-refractivity contribution in [3.05, 3.63) is 218 Å². The molecule has 0 unspecified atom stereocenters. The molecule has 0 aliphatic carbocycles. The van der Waals surface area contributed by atoms with Crippen LogP contribution in [0.3, 0.4) is 0 Å². The molecule has 0 atom stereocenters. The van der Waals surface area contributed by atoms with Crippen molar-refractivity contribution in [1.29, 1.82) is 0 Å². The van der Waals surface area contributed by atoms with Crippen LogP contribution in [0.1, 0.15) is 0 Å². The number of rotatable bonds is 6. The van der Waals surface area contributed by atoms with Crippen LogP contribution in [-0.2, 0) is 0 Å². The Morgan fingerprint density at radius 1 is 0.359 bits per heavy atom. The van der Waals surface area contributed by atoms with Crippen molar-refractivity contribution in [3.8, 4) is 62.0 Å². The van der Waals surface area contributed by atoms with Crippen molar-refractivity contribution in [2.45, 2.75) is 0 Å². The Labute approximate surface area is 373 Å². The molecule has 5 heteroatoms. The topological polar surface area (TPSA) is 43.6 Å². The summed E-state index contributed by atoms with van der Waals surface area (Å²) in [7, 11) is 0. The molecule has 9 aromatic carbocycles. The standard InChI is InChI=1S/C59H36N4S/c1-2-15-40(16-3-1)59-60-50(36-51(61-59)42-18-13-20-44(35-42)63-52-25-9-6-22-46(52)47-23-7-10-26-53(47)63)39-30-28-37(29-31-39)41-17-12-19-43(34-41)56-58-55(48-24-8-11-27-54(48)64-58)49-33-32-38-14-4-5-21-45(38)57(49)62-56/h1-36H. The molecule has 4 heterocycles. The Balaban J connectivity index is 0.907. The van der Waals surface area contributed by atoms with E-state index in [0.717, 1.165) is 61.7 Å². The number of hydrogen-bond donors (Lipinski definition) is 0. The number of hydrogen-bond acceptors (Lipinski definition) is 4. The summed E-state index contributed by atoms with van der Waals surface area (Å²) in [5, 5.41) is 8.59. The Kier molecular flexibility index (Phi) is 8.36. The van der Waals surface area contributed by atoms with Gasteiger partial charge in [0.1, 0.15) is 0 Å². The summed E-state index contributed by atoms with van der Waals surface area (Å²) >= 11 is 1.83. The molecule has 13 rings (SSSR count). The highest BCUT2D eigenvalue weighted by molar-refractivity contribution is 7.26. The number of pyridine rings is 1. The van der Waals surface area contributed by atoms with Crippen LogP contribution in [0.2, 0.25) is 0 Å². The molecule has 64 heavy (non-hydrogen) atoms. The summed E-state index contributed by atoms with van der Waals surface area (Å²) in [6.07, 6.45) is 0. The van der Waals surface area contributed by atoms with E-state index in [1.165, 1.54) is 58.1 Å². The summed E-state index contributed by atoms with van der Waals surface area (Å²) in [6.45, 7) is 0. The van der Waals surface area contributed by atoms with Crippen LogP contribution in [0.15, 0.2) is 218 Å². The van der Waals surface area contributed by atoms with Gasteiger partial charge < -0.3 is 4.57 Å². The van der Waals surface area contributed by atoms with Crippen molar-refractivity contribution in [2.24, 2.45) is 0 Å². The molecular formula is C59H36N4S. The van der Waals surface area contributed by atoms with Gasteiger partial charge >= 0.3 is 0 Å². The second-order valence-electron chi connectivity index (χ2n) is 16.4. The van der Waals surface area contributed by atoms with E-state index in [0.29, 0.717) is 5.82 Å². The van der Waals surface area contributed by atoms with Crippen LogP contribution in [0.25, 0.3) is 126 Å². The average molecular weight is 833 g/mol. The van der Waals surface area contributed by atoms with Crippen LogP contribution in [0.4, 0.5) is 0 Å². The van der Waals surface area contributed by atoms with E-state index in [1.807, 2.05) is 29.5 Å². The van der Waals surface area contributed by atoms with Crippen LogP contribution < -0.4 is 0 Å². The summed E-state index contributed by atoms with van der Waals surface area (Å²) in [5.74, 6) is 0.690. The van der Waals surface area contributed by atoms with E-state index in [-0.39, 0.29) is 0 Å². The molecule has 0 fully saturated rings. The third-order valence-corrected chi connectivity index (χ3v) is 13.8.